The molecule has 1 atom stereocenters. The number of carbonyl (C=O) groups is 1. The normalized spacial score (nSPS) is 12.3. The van der Waals surface area contributed by atoms with Crippen LogP contribution < -0.4 is 11.1 Å². The van der Waals surface area contributed by atoms with Crippen molar-refractivity contribution in [1.82, 2.24) is 4.98 Å². The predicted octanol–water partition coefficient (Wildman–Crippen LogP) is 2.37. The molecule has 0 aliphatic rings. The van der Waals surface area contributed by atoms with Crippen molar-refractivity contribution in [3.05, 3.63) is 21.9 Å². The zero-order valence-corrected chi connectivity index (χ0v) is 10.6. The van der Waals surface area contributed by atoms with Gasteiger partial charge in [0, 0.05) is 0 Å². The first-order valence-electron chi connectivity index (χ1n) is 4.84. The van der Waals surface area contributed by atoms with Gasteiger partial charge in [-0.15, -0.1) is 0 Å². The first-order valence-corrected chi connectivity index (χ1v) is 5.60. The van der Waals surface area contributed by atoms with Crippen LogP contribution in [0.3, 0.4) is 0 Å². The molecule has 3 N–H and O–H groups in total. The van der Waals surface area contributed by atoms with Gasteiger partial charge in [-0.05, 0) is 25.0 Å². The zero-order chi connectivity index (χ0) is 12.3. The Bertz CT molecular complexity index is 386. The van der Waals surface area contributed by atoms with Crippen LogP contribution in [0.15, 0.2) is 6.07 Å². The molecular weight excluding hydrogens is 249 g/mol. The first kappa shape index (κ1) is 13.2. The SMILES string of the molecule is CC[C@H](N)C(=O)Nc1c(C)cc(Cl)nc1Cl. The fourth-order valence-corrected chi connectivity index (χ4v) is 1.73. The molecule has 0 saturated heterocycles. The van der Waals surface area contributed by atoms with Gasteiger partial charge < -0.3 is 11.1 Å². The second kappa shape index (κ2) is 5.48. The Morgan fingerprint density at radius 2 is 2.25 bits per heavy atom. The Kier molecular flexibility index (Phi) is 4.53. The van der Waals surface area contributed by atoms with Gasteiger partial charge in [0.1, 0.15) is 5.15 Å². The number of hydrogen-bond donors (Lipinski definition) is 2. The zero-order valence-electron chi connectivity index (χ0n) is 9.05. The summed E-state index contributed by atoms with van der Waals surface area (Å²) in [6.07, 6.45) is 0.559. The van der Waals surface area contributed by atoms with Crippen molar-refractivity contribution in [2.75, 3.05) is 5.32 Å². The molecule has 1 aromatic rings. The second-order valence-corrected chi connectivity index (χ2v) is 4.18. The summed E-state index contributed by atoms with van der Waals surface area (Å²) in [4.78, 5) is 15.4. The molecular formula is C10H13Cl2N3O. The lowest BCUT2D eigenvalue weighted by Crippen LogP contribution is -2.35. The van der Waals surface area contributed by atoms with Crippen LogP contribution >= 0.6 is 23.2 Å². The van der Waals surface area contributed by atoms with Gasteiger partial charge in [-0.25, -0.2) is 4.98 Å². The van der Waals surface area contributed by atoms with Crippen LogP contribution in [-0.2, 0) is 4.79 Å². The molecule has 0 aromatic carbocycles. The van der Waals surface area contributed by atoms with Crippen LogP contribution in [0.5, 0.6) is 0 Å². The molecule has 6 heteroatoms. The molecule has 0 aliphatic heterocycles. The van der Waals surface area contributed by atoms with Crippen molar-refractivity contribution in [2.45, 2.75) is 26.3 Å². The largest absolute Gasteiger partial charge is 0.322 e. The number of aromatic nitrogens is 1. The lowest BCUT2D eigenvalue weighted by molar-refractivity contribution is -0.117. The third-order valence-electron chi connectivity index (χ3n) is 2.17. The van der Waals surface area contributed by atoms with Gasteiger partial charge in [0.05, 0.1) is 11.7 Å². The van der Waals surface area contributed by atoms with Gasteiger partial charge in [-0.3, -0.25) is 4.79 Å². The molecule has 1 amide bonds. The standard InChI is InChI=1S/C10H13Cl2N3O/c1-3-6(13)10(16)15-8-5(2)4-7(11)14-9(8)12/h4,6H,3,13H2,1-2H3,(H,15,16)/t6-/m0/s1. The maximum absolute atomic E-state index is 11.6. The van der Waals surface area contributed by atoms with Gasteiger partial charge >= 0.3 is 0 Å². The van der Waals surface area contributed by atoms with E-state index in [-0.39, 0.29) is 11.1 Å². The number of amides is 1. The van der Waals surface area contributed by atoms with E-state index in [0.717, 1.165) is 5.56 Å². The fourth-order valence-electron chi connectivity index (χ4n) is 1.15. The number of aryl methyl sites for hydroxylation is 1. The van der Waals surface area contributed by atoms with E-state index >= 15 is 0 Å². The highest BCUT2D eigenvalue weighted by atomic mass is 35.5. The van der Waals surface area contributed by atoms with Gasteiger partial charge in [0.2, 0.25) is 5.91 Å². The lowest BCUT2D eigenvalue weighted by Gasteiger charge is -2.13. The summed E-state index contributed by atoms with van der Waals surface area (Å²) in [6.45, 7) is 3.62. The van der Waals surface area contributed by atoms with Crippen molar-refractivity contribution in [1.29, 1.82) is 0 Å². The number of nitrogens with zero attached hydrogens (tertiary/aromatic N) is 1. The summed E-state index contributed by atoms with van der Waals surface area (Å²) in [6, 6.07) is 1.08. The maximum Gasteiger partial charge on any atom is 0.241 e. The van der Waals surface area contributed by atoms with E-state index in [4.69, 9.17) is 28.9 Å². The Balaban J connectivity index is 2.93. The number of rotatable bonds is 3. The summed E-state index contributed by atoms with van der Waals surface area (Å²) < 4.78 is 0. The number of pyridine rings is 1. The smallest absolute Gasteiger partial charge is 0.241 e. The monoisotopic (exact) mass is 261 g/mol. The summed E-state index contributed by atoms with van der Waals surface area (Å²) in [5.74, 6) is -0.281. The average Bonchev–Trinajstić information content (AvgIpc) is 2.21. The third-order valence-corrected chi connectivity index (χ3v) is 2.63. The summed E-state index contributed by atoms with van der Waals surface area (Å²) in [5, 5.41) is 3.10. The van der Waals surface area contributed by atoms with Crippen LogP contribution in [0.4, 0.5) is 5.69 Å². The molecule has 0 radical (unpaired) electrons. The lowest BCUT2D eigenvalue weighted by atomic mass is 10.2. The van der Waals surface area contributed by atoms with Gasteiger partial charge in [-0.2, -0.15) is 0 Å². The van der Waals surface area contributed by atoms with E-state index in [0.29, 0.717) is 17.3 Å². The van der Waals surface area contributed by atoms with E-state index in [2.05, 4.69) is 10.3 Å². The number of nitrogens with one attached hydrogen (secondary N) is 1. The molecule has 0 saturated carbocycles. The molecule has 0 unspecified atom stereocenters. The molecule has 1 aromatic heterocycles. The van der Waals surface area contributed by atoms with Crippen molar-refractivity contribution in [2.24, 2.45) is 5.73 Å². The number of nitrogens with two attached hydrogens (primary N) is 1. The average molecular weight is 262 g/mol. The molecule has 4 nitrogen and oxygen atoms in total. The Morgan fingerprint density at radius 3 is 2.75 bits per heavy atom. The second-order valence-electron chi connectivity index (χ2n) is 3.43. The molecule has 0 fully saturated rings. The van der Waals surface area contributed by atoms with Crippen molar-refractivity contribution >= 4 is 34.8 Å². The Labute approximate surface area is 104 Å². The summed E-state index contributed by atoms with van der Waals surface area (Å²) >= 11 is 11.6. The minimum atomic E-state index is -0.550. The van der Waals surface area contributed by atoms with Crippen LogP contribution in [0.2, 0.25) is 10.3 Å². The molecule has 1 rings (SSSR count). The van der Waals surface area contributed by atoms with Gasteiger partial charge in [0.15, 0.2) is 5.15 Å². The highest BCUT2D eigenvalue weighted by Crippen LogP contribution is 2.26. The van der Waals surface area contributed by atoms with E-state index < -0.39 is 6.04 Å². The van der Waals surface area contributed by atoms with E-state index in [1.54, 1.807) is 13.0 Å². The quantitative estimate of drug-likeness (QED) is 0.822. The number of hydrogen-bond acceptors (Lipinski definition) is 3. The minimum absolute atomic E-state index is 0.168. The predicted molar refractivity (Wildman–Crippen MR) is 65.9 cm³/mol. The minimum Gasteiger partial charge on any atom is -0.322 e. The number of halogens is 2. The Hall–Kier alpha value is -0.840. The van der Waals surface area contributed by atoms with E-state index in [1.165, 1.54) is 0 Å². The Morgan fingerprint density at radius 1 is 1.62 bits per heavy atom. The molecule has 0 bridgehead atoms. The number of carbonyl (C=O) groups excluding carboxylic acids is 1. The summed E-state index contributed by atoms with van der Waals surface area (Å²) in [5.41, 5.74) is 6.80. The van der Waals surface area contributed by atoms with E-state index in [9.17, 15) is 4.79 Å². The first-order chi connectivity index (χ1) is 7.45. The van der Waals surface area contributed by atoms with Crippen LogP contribution in [-0.4, -0.2) is 16.9 Å². The topological polar surface area (TPSA) is 68.0 Å². The highest BCUT2D eigenvalue weighted by Gasteiger charge is 2.15. The number of anilines is 1. The molecule has 88 valence electrons. The van der Waals surface area contributed by atoms with Crippen LogP contribution in [0.25, 0.3) is 0 Å². The fraction of sp³-hybridized carbons (Fsp3) is 0.400. The van der Waals surface area contributed by atoms with Crippen molar-refractivity contribution < 1.29 is 4.79 Å². The van der Waals surface area contributed by atoms with Gasteiger partial charge in [0.25, 0.3) is 0 Å². The van der Waals surface area contributed by atoms with Crippen LogP contribution in [0.1, 0.15) is 18.9 Å². The maximum atomic E-state index is 11.6. The molecule has 0 aliphatic carbocycles. The van der Waals surface area contributed by atoms with Crippen molar-refractivity contribution in [3.8, 4) is 0 Å². The third kappa shape index (κ3) is 3.07. The van der Waals surface area contributed by atoms with Gasteiger partial charge in [-0.1, -0.05) is 30.1 Å². The van der Waals surface area contributed by atoms with E-state index in [1.807, 2.05) is 6.92 Å². The van der Waals surface area contributed by atoms with Crippen LogP contribution in [0, 0.1) is 6.92 Å². The molecule has 0 spiro atoms. The highest BCUT2D eigenvalue weighted by molar-refractivity contribution is 6.34. The molecule has 1 heterocycles. The van der Waals surface area contributed by atoms with Crippen molar-refractivity contribution in [3.63, 3.8) is 0 Å². The summed E-state index contributed by atoms with van der Waals surface area (Å²) in [7, 11) is 0. The molecule has 16 heavy (non-hydrogen) atoms.